The summed E-state index contributed by atoms with van der Waals surface area (Å²) in [5.41, 5.74) is -7.23. The van der Waals surface area contributed by atoms with E-state index in [9.17, 15) is 29.6 Å². The fourth-order valence-electron chi connectivity index (χ4n) is 6.40. The van der Waals surface area contributed by atoms with Gasteiger partial charge in [0.2, 0.25) is 5.91 Å². The van der Waals surface area contributed by atoms with Crippen molar-refractivity contribution in [3.63, 3.8) is 0 Å². The van der Waals surface area contributed by atoms with Crippen molar-refractivity contribution >= 4 is 33.8 Å². The molecule has 12 heteroatoms. The summed E-state index contributed by atoms with van der Waals surface area (Å²) in [6.45, 7) is 15.5. The summed E-state index contributed by atoms with van der Waals surface area (Å²) >= 11 is 0.978. The summed E-state index contributed by atoms with van der Waals surface area (Å²) in [7, 11) is -4.03. The van der Waals surface area contributed by atoms with Gasteiger partial charge in [-0.25, -0.2) is 9.93 Å². The Labute approximate surface area is 231 Å². The average molecular weight is 565 g/mol. The van der Waals surface area contributed by atoms with Crippen LogP contribution in [0.4, 0.5) is 0 Å². The first-order valence-electron chi connectivity index (χ1n) is 14.2. The fraction of sp³-hybridized carbons (Fsp3) is 0.840. The zero-order chi connectivity index (χ0) is 32.4. The van der Waals surface area contributed by atoms with Crippen molar-refractivity contribution in [2.75, 3.05) is 6.54 Å². The van der Waals surface area contributed by atoms with Crippen LogP contribution in [0.2, 0.25) is 0 Å². The van der Waals surface area contributed by atoms with Gasteiger partial charge in [-0.2, -0.15) is 13.1 Å². The predicted molar refractivity (Wildman–Crippen MR) is 145 cm³/mol. The van der Waals surface area contributed by atoms with E-state index < -0.39 is 84.7 Å². The number of hydrogen-bond acceptors (Lipinski definition) is 7. The number of nitrogens with zero attached hydrogens (tertiary/aromatic N) is 1. The van der Waals surface area contributed by atoms with Crippen LogP contribution in [-0.4, -0.2) is 69.9 Å². The molecule has 0 radical (unpaired) electrons. The molecular weight excluding hydrogens is 516 g/mol. The Morgan fingerprint density at radius 1 is 1.38 bits per heavy atom. The summed E-state index contributed by atoms with van der Waals surface area (Å²) in [5, 5.41) is 30.7. The number of carbonyl (C=O) groups excluding carboxylic acids is 1. The molecule has 10 nitrogen and oxygen atoms in total. The van der Waals surface area contributed by atoms with Gasteiger partial charge in [-0.05, 0) is 52.3 Å². The Hall–Kier alpha value is -1.18. The van der Waals surface area contributed by atoms with Crippen LogP contribution in [0.3, 0.4) is 0 Å². The topological polar surface area (TPSA) is 162 Å². The maximum atomic E-state index is 13.9. The third-order valence-corrected chi connectivity index (χ3v) is 12.0. The Balaban J connectivity index is 2.27. The predicted octanol–water partition coefficient (Wildman–Crippen LogP) is 2.01. The molecule has 2 saturated heterocycles. The summed E-state index contributed by atoms with van der Waals surface area (Å²) in [5.74, 6) is -6.36. The number of nitrogens with two attached hydrogens (primary N) is 1. The van der Waals surface area contributed by atoms with Gasteiger partial charge in [0.05, 0.1) is 16.6 Å². The number of carboxylic acids is 1. The van der Waals surface area contributed by atoms with Crippen molar-refractivity contribution in [1.82, 2.24) is 14.9 Å². The van der Waals surface area contributed by atoms with Crippen molar-refractivity contribution < 1.29 is 33.7 Å². The Kier molecular flexibility index (Phi) is 5.99. The lowest BCUT2D eigenvalue weighted by Crippen LogP contribution is -2.82. The van der Waals surface area contributed by atoms with Crippen LogP contribution in [0, 0.1) is 22.6 Å². The van der Waals surface area contributed by atoms with Gasteiger partial charge < -0.3 is 15.5 Å². The third kappa shape index (κ3) is 3.92. The fourth-order valence-corrected chi connectivity index (χ4v) is 8.73. The minimum atomic E-state index is -4.03. The Bertz CT molecular complexity index is 1310. The van der Waals surface area contributed by atoms with Gasteiger partial charge in [0.25, 0.3) is 10.2 Å². The first kappa shape index (κ1) is 24.8. The second-order valence-electron chi connectivity index (χ2n) is 11.9. The van der Waals surface area contributed by atoms with E-state index in [2.05, 4.69) is 10.0 Å². The lowest BCUT2D eigenvalue weighted by Gasteiger charge is -2.67. The lowest BCUT2D eigenvalue weighted by molar-refractivity contribution is -0.233. The number of thioether (sulfide) groups is 1. The van der Waals surface area contributed by atoms with Crippen molar-refractivity contribution in [3.05, 3.63) is 10.6 Å². The zero-order valence-electron chi connectivity index (χ0n) is 27.2. The van der Waals surface area contributed by atoms with E-state index in [1.165, 1.54) is 34.6 Å². The number of amides is 1. The van der Waals surface area contributed by atoms with E-state index in [0.717, 1.165) is 23.6 Å². The number of carboxylic acid groups (broad SMARTS) is 1. The molecule has 7 atom stereocenters. The molecule has 37 heavy (non-hydrogen) atoms. The van der Waals surface area contributed by atoms with E-state index >= 15 is 0 Å². The number of rotatable bonds is 9. The van der Waals surface area contributed by atoms with Gasteiger partial charge in [0.15, 0.2) is 0 Å². The van der Waals surface area contributed by atoms with Crippen LogP contribution in [0.25, 0.3) is 0 Å². The minimum absolute atomic E-state index is 0.180. The Morgan fingerprint density at radius 2 is 1.92 bits per heavy atom. The molecule has 0 aromatic heterocycles. The van der Waals surface area contributed by atoms with E-state index in [1.807, 2.05) is 20.8 Å². The molecule has 0 aliphatic carbocycles. The molecule has 3 aliphatic heterocycles. The standard InChI is InChI=1S/C25H44N4O6S2/c1-11-15-17(36-22(7)12-27-18(21(22,5)6)14(4)28-37(26,34)35)16(19(30)31)29-20(32)23(8,24(15,29)9)25(10,33)13(2)3/h13-15,18,27-28,33H,11-12H2,1-10H3,(H,30,31)(H2,26,34,35)/t14?,15-,18+,22+,23-,24+,25+/m0/s1/i11D2,13D,15D. The molecule has 3 aliphatic rings. The molecule has 1 unspecified atom stereocenters. The molecule has 212 valence electrons. The maximum absolute atomic E-state index is 13.9. The molecule has 3 rings (SSSR count). The van der Waals surface area contributed by atoms with Gasteiger partial charge in [-0.15, -0.1) is 11.8 Å². The number of fused-ring (bicyclic) bond motifs is 1. The van der Waals surface area contributed by atoms with E-state index in [4.69, 9.17) is 9.25 Å². The average Bonchev–Trinajstić information content (AvgIpc) is 3.10. The van der Waals surface area contributed by atoms with Crippen LogP contribution in [0.15, 0.2) is 10.6 Å². The normalized spacial score (nSPS) is 42.2. The highest BCUT2D eigenvalue weighted by molar-refractivity contribution is 8.04. The molecule has 0 aromatic rings. The zero-order valence-corrected chi connectivity index (χ0v) is 24.9. The van der Waals surface area contributed by atoms with E-state index in [1.54, 1.807) is 6.92 Å². The summed E-state index contributed by atoms with van der Waals surface area (Å²) in [4.78, 5) is 27.5. The highest BCUT2D eigenvalue weighted by Gasteiger charge is 2.79. The van der Waals surface area contributed by atoms with Gasteiger partial charge in [0, 0.05) is 39.7 Å². The van der Waals surface area contributed by atoms with Crippen molar-refractivity contribution in [3.8, 4) is 0 Å². The number of aliphatic carboxylic acids is 1. The number of aliphatic hydroxyl groups is 1. The van der Waals surface area contributed by atoms with Gasteiger partial charge in [0.1, 0.15) is 5.70 Å². The van der Waals surface area contributed by atoms with Gasteiger partial charge in [-0.1, -0.05) is 34.6 Å². The van der Waals surface area contributed by atoms with Crippen LogP contribution in [-0.2, 0) is 19.8 Å². The van der Waals surface area contributed by atoms with Crippen molar-refractivity contribution in [2.45, 2.75) is 104 Å². The molecule has 2 fully saturated rings. The van der Waals surface area contributed by atoms with E-state index in [-0.39, 0.29) is 11.4 Å². The molecular formula is C25H44N4O6S2. The molecule has 1 amide bonds. The summed E-state index contributed by atoms with van der Waals surface area (Å²) < 4.78 is 61.2. The molecule has 0 aromatic carbocycles. The Morgan fingerprint density at radius 3 is 2.35 bits per heavy atom. The van der Waals surface area contributed by atoms with Gasteiger partial charge in [-0.3, -0.25) is 9.69 Å². The second-order valence-corrected chi connectivity index (χ2v) is 14.7. The van der Waals surface area contributed by atoms with Gasteiger partial charge >= 0.3 is 5.97 Å². The van der Waals surface area contributed by atoms with E-state index in [0.29, 0.717) is 0 Å². The molecule has 0 bridgehead atoms. The molecule has 3 heterocycles. The monoisotopic (exact) mass is 564 g/mol. The smallest absolute Gasteiger partial charge is 0.353 e. The number of carbonyl (C=O) groups is 2. The summed E-state index contributed by atoms with van der Waals surface area (Å²) in [6, 6.07) is -1.16. The van der Waals surface area contributed by atoms with Crippen LogP contribution < -0.4 is 15.2 Å². The number of β-lactam (4-membered cyclic amide) rings is 1. The second kappa shape index (κ2) is 8.92. The molecule has 0 spiro atoms. The van der Waals surface area contributed by atoms with Crippen LogP contribution in [0.1, 0.15) is 81.1 Å². The lowest BCUT2D eigenvalue weighted by atomic mass is 9.49. The van der Waals surface area contributed by atoms with Crippen LogP contribution >= 0.6 is 11.8 Å². The molecule has 6 N–H and O–H groups in total. The SMILES string of the molecule is [2H]C(C)(C)[C@@](C)(O)[C@@]1(C)C(=O)N2C(C(=O)O)=C(S[C@]3(C)CN[C@H](C(C)NS(N)(=O)=O)C3(C)C)[C@]([2H])(C([2H])([2H])C)[C@@]21C. The summed E-state index contributed by atoms with van der Waals surface area (Å²) in [6.07, 6.45) is -2.43. The number of hydrogen-bond donors (Lipinski definition) is 5. The first-order chi connectivity index (χ1) is 17.9. The third-order valence-electron chi connectivity index (χ3n) is 9.58. The van der Waals surface area contributed by atoms with Crippen molar-refractivity contribution in [1.29, 1.82) is 0 Å². The van der Waals surface area contributed by atoms with Crippen molar-refractivity contribution in [2.24, 2.45) is 27.8 Å². The highest BCUT2D eigenvalue weighted by atomic mass is 32.2. The minimum Gasteiger partial charge on any atom is -0.477 e. The molecule has 0 saturated carbocycles. The maximum Gasteiger partial charge on any atom is 0.353 e. The largest absolute Gasteiger partial charge is 0.477 e. The first-order valence-corrected chi connectivity index (χ1v) is 14.6. The highest BCUT2D eigenvalue weighted by Crippen LogP contribution is 2.69. The number of nitrogens with one attached hydrogen (secondary N) is 2. The van der Waals surface area contributed by atoms with Crippen LogP contribution in [0.5, 0.6) is 0 Å². The quantitative estimate of drug-likeness (QED) is 0.266.